The Kier molecular flexibility index (Phi) is 7.52. The van der Waals surface area contributed by atoms with E-state index in [1.807, 2.05) is 68.5 Å². The van der Waals surface area contributed by atoms with E-state index in [4.69, 9.17) is 14.7 Å². The lowest BCUT2D eigenvalue weighted by Gasteiger charge is -2.13. The van der Waals surface area contributed by atoms with Gasteiger partial charge in [-0.05, 0) is 61.0 Å². The van der Waals surface area contributed by atoms with E-state index in [0.29, 0.717) is 34.7 Å². The molecule has 1 aliphatic heterocycles. The van der Waals surface area contributed by atoms with E-state index in [1.54, 1.807) is 11.0 Å². The maximum Gasteiger partial charge on any atom is 0.266 e. The molecule has 0 radical (unpaired) electrons. The fourth-order valence-corrected chi connectivity index (χ4v) is 3.91. The summed E-state index contributed by atoms with van der Waals surface area (Å²) in [6, 6.07) is 17.0. The average Bonchev–Trinajstić information content (AvgIpc) is 3.03. The summed E-state index contributed by atoms with van der Waals surface area (Å²) in [7, 11) is 0. The Morgan fingerprint density at radius 3 is 2.63 bits per heavy atom. The number of nitrogens with zero attached hydrogens (tertiary/aromatic N) is 3. The molecule has 0 saturated carbocycles. The van der Waals surface area contributed by atoms with Crippen molar-refractivity contribution >= 4 is 34.6 Å². The summed E-state index contributed by atoms with van der Waals surface area (Å²) in [5.41, 5.74) is 1.63. The number of carbonyl (C=O) groups excluding carboxylic acids is 1. The van der Waals surface area contributed by atoms with E-state index in [-0.39, 0.29) is 12.5 Å². The third-order valence-electron chi connectivity index (χ3n) is 4.17. The largest absolute Gasteiger partial charge is 0.490 e. The van der Waals surface area contributed by atoms with Crippen molar-refractivity contribution < 1.29 is 14.3 Å². The van der Waals surface area contributed by atoms with Crippen molar-refractivity contribution in [1.29, 1.82) is 5.26 Å². The van der Waals surface area contributed by atoms with Gasteiger partial charge in [0.05, 0.1) is 17.2 Å². The molecule has 0 unspecified atom stereocenters. The first-order valence-corrected chi connectivity index (χ1v) is 10.6. The monoisotopic (exact) mass is 421 g/mol. The topological polar surface area (TPSA) is 74.9 Å². The lowest BCUT2D eigenvalue weighted by atomic mass is 10.2. The standard InChI is InChI=1S/C23H23N3O3S/c1-3-13-26-22(27)21(30-23(26)25-18-8-6-5-7-9-18)16-17-10-11-19(29-14-12-24)20(15-17)28-4-2/h5-11,15-16H,3-4,13-14H2,1-2H3/b21-16-,25-23?. The molecule has 6 nitrogen and oxygen atoms in total. The van der Waals surface area contributed by atoms with Gasteiger partial charge in [-0.1, -0.05) is 31.2 Å². The number of amides is 1. The zero-order valence-electron chi connectivity index (χ0n) is 17.0. The van der Waals surface area contributed by atoms with Crippen molar-refractivity contribution in [1.82, 2.24) is 4.90 Å². The molecule has 0 aliphatic carbocycles. The van der Waals surface area contributed by atoms with Gasteiger partial charge in [0.2, 0.25) is 0 Å². The predicted octanol–water partition coefficient (Wildman–Crippen LogP) is 5.00. The van der Waals surface area contributed by atoms with Gasteiger partial charge in [-0.15, -0.1) is 0 Å². The smallest absolute Gasteiger partial charge is 0.266 e. The normalized spacial score (nSPS) is 16.2. The van der Waals surface area contributed by atoms with Gasteiger partial charge in [-0.3, -0.25) is 9.69 Å². The number of aliphatic imine (C=N–C) groups is 1. The molecule has 2 aromatic carbocycles. The molecule has 0 bridgehead atoms. The quantitative estimate of drug-likeness (QED) is 0.561. The summed E-state index contributed by atoms with van der Waals surface area (Å²) in [6.07, 6.45) is 2.67. The molecule has 154 valence electrons. The van der Waals surface area contributed by atoms with Crippen molar-refractivity contribution in [2.45, 2.75) is 20.3 Å². The summed E-state index contributed by atoms with van der Waals surface area (Å²) in [5, 5.41) is 9.42. The number of ether oxygens (including phenoxy) is 2. The van der Waals surface area contributed by atoms with Crippen LogP contribution >= 0.6 is 11.8 Å². The molecule has 2 aromatic rings. The van der Waals surface area contributed by atoms with Gasteiger partial charge >= 0.3 is 0 Å². The number of carbonyl (C=O) groups is 1. The van der Waals surface area contributed by atoms with Gasteiger partial charge in [-0.2, -0.15) is 5.26 Å². The van der Waals surface area contributed by atoms with E-state index in [2.05, 4.69) is 4.99 Å². The maximum atomic E-state index is 13.0. The molecule has 30 heavy (non-hydrogen) atoms. The Morgan fingerprint density at radius 2 is 1.93 bits per heavy atom. The van der Waals surface area contributed by atoms with Gasteiger partial charge in [0, 0.05) is 6.54 Å². The second-order valence-electron chi connectivity index (χ2n) is 6.38. The summed E-state index contributed by atoms with van der Waals surface area (Å²) < 4.78 is 11.0. The number of hydrogen-bond donors (Lipinski definition) is 0. The zero-order valence-corrected chi connectivity index (χ0v) is 17.8. The minimum atomic E-state index is -0.0562. The highest BCUT2D eigenvalue weighted by molar-refractivity contribution is 8.18. The molecule has 3 rings (SSSR count). The van der Waals surface area contributed by atoms with Crippen LogP contribution in [0.5, 0.6) is 11.5 Å². The minimum absolute atomic E-state index is 0.0554. The Balaban J connectivity index is 1.91. The third kappa shape index (κ3) is 5.22. The SMILES string of the molecule is CCCN1C(=O)/C(=C/c2ccc(OCC#N)c(OCC)c2)SC1=Nc1ccccc1. The molecular weight excluding hydrogens is 398 g/mol. The number of hydrogen-bond acceptors (Lipinski definition) is 6. The van der Waals surface area contributed by atoms with E-state index < -0.39 is 0 Å². The molecule has 1 saturated heterocycles. The fourth-order valence-electron chi connectivity index (χ4n) is 2.89. The van der Waals surface area contributed by atoms with Gasteiger partial charge in [-0.25, -0.2) is 4.99 Å². The van der Waals surface area contributed by atoms with Gasteiger partial charge < -0.3 is 9.47 Å². The summed E-state index contributed by atoms with van der Waals surface area (Å²) in [4.78, 5) is 20.0. The van der Waals surface area contributed by atoms with Crippen LogP contribution in [-0.4, -0.2) is 35.7 Å². The highest BCUT2D eigenvalue weighted by Gasteiger charge is 2.32. The zero-order chi connectivity index (χ0) is 21.3. The van der Waals surface area contributed by atoms with Gasteiger partial charge in [0.25, 0.3) is 5.91 Å². The molecule has 7 heteroatoms. The van der Waals surface area contributed by atoms with E-state index >= 15 is 0 Å². The maximum absolute atomic E-state index is 13.0. The number of thioether (sulfide) groups is 1. The van der Waals surface area contributed by atoms with Crippen LogP contribution < -0.4 is 9.47 Å². The number of para-hydroxylation sites is 1. The molecule has 1 aliphatic rings. The van der Waals surface area contributed by atoms with E-state index in [0.717, 1.165) is 17.7 Å². The second kappa shape index (κ2) is 10.5. The van der Waals surface area contributed by atoms with Crippen LogP contribution in [0.3, 0.4) is 0 Å². The molecule has 0 N–H and O–H groups in total. The number of rotatable bonds is 8. The molecule has 0 spiro atoms. The molecule has 1 heterocycles. The van der Waals surface area contributed by atoms with Gasteiger partial charge in [0.15, 0.2) is 23.3 Å². The van der Waals surface area contributed by atoms with Crippen LogP contribution in [0.15, 0.2) is 58.4 Å². The highest BCUT2D eigenvalue weighted by Crippen LogP contribution is 2.36. The van der Waals surface area contributed by atoms with Crippen LogP contribution in [0.1, 0.15) is 25.8 Å². The summed E-state index contributed by atoms with van der Waals surface area (Å²) >= 11 is 1.37. The van der Waals surface area contributed by atoms with Crippen LogP contribution in [0.25, 0.3) is 6.08 Å². The first kappa shape index (κ1) is 21.5. The van der Waals surface area contributed by atoms with Crippen molar-refractivity contribution in [2.24, 2.45) is 4.99 Å². The Labute approximate surface area is 180 Å². The minimum Gasteiger partial charge on any atom is -0.490 e. The van der Waals surface area contributed by atoms with E-state index in [9.17, 15) is 4.79 Å². The van der Waals surface area contributed by atoms with Crippen LogP contribution in [0.2, 0.25) is 0 Å². The number of benzene rings is 2. The first-order chi connectivity index (χ1) is 14.7. The predicted molar refractivity (Wildman–Crippen MR) is 120 cm³/mol. The Hall–Kier alpha value is -3.24. The lowest BCUT2D eigenvalue weighted by Crippen LogP contribution is -2.29. The van der Waals surface area contributed by atoms with Crippen LogP contribution in [0, 0.1) is 11.3 Å². The summed E-state index contributed by atoms with van der Waals surface area (Å²) in [5.74, 6) is 0.991. The number of amidine groups is 1. The van der Waals surface area contributed by atoms with Crippen molar-refractivity contribution in [3.05, 3.63) is 59.0 Å². The Morgan fingerprint density at radius 1 is 1.13 bits per heavy atom. The Bertz CT molecular complexity index is 996. The molecule has 0 atom stereocenters. The molecule has 1 amide bonds. The molecule has 1 fully saturated rings. The average molecular weight is 422 g/mol. The van der Waals surface area contributed by atoms with Crippen molar-refractivity contribution in [3.63, 3.8) is 0 Å². The first-order valence-electron chi connectivity index (χ1n) is 9.78. The molecular formula is C23H23N3O3S. The molecule has 0 aromatic heterocycles. The van der Waals surface area contributed by atoms with Crippen LogP contribution in [0.4, 0.5) is 5.69 Å². The van der Waals surface area contributed by atoms with Crippen molar-refractivity contribution in [2.75, 3.05) is 19.8 Å². The van der Waals surface area contributed by atoms with Gasteiger partial charge in [0.1, 0.15) is 6.07 Å². The van der Waals surface area contributed by atoms with E-state index in [1.165, 1.54) is 11.8 Å². The fraction of sp³-hybridized carbons (Fsp3) is 0.261. The third-order valence-corrected chi connectivity index (χ3v) is 5.18. The summed E-state index contributed by atoms with van der Waals surface area (Å²) in [6.45, 7) is 4.94. The van der Waals surface area contributed by atoms with Crippen LogP contribution in [-0.2, 0) is 4.79 Å². The van der Waals surface area contributed by atoms with Crippen molar-refractivity contribution in [3.8, 4) is 17.6 Å². The lowest BCUT2D eigenvalue weighted by molar-refractivity contribution is -0.122. The number of nitriles is 1. The highest BCUT2D eigenvalue weighted by atomic mass is 32.2. The second-order valence-corrected chi connectivity index (χ2v) is 7.39.